The van der Waals surface area contributed by atoms with E-state index >= 15 is 0 Å². The van der Waals surface area contributed by atoms with E-state index in [0.717, 1.165) is 0 Å². The summed E-state index contributed by atoms with van der Waals surface area (Å²) < 4.78 is 5.32. The van der Waals surface area contributed by atoms with Crippen LogP contribution in [0.15, 0.2) is 0 Å². The van der Waals surface area contributed by atoms with Gasteiger partial charge >= 0.3 is 5.97 Å². The van der Waals surface area contributed by atoms with Gasteiger partial charge in [-0.1, -0.05) is 0 Å². The molecule has 17 heavy (non-hydrogen) atoms. The number of hydrogen-bond acceptors (Lipinski definition) is 3. The molecular weight excluding hydrogens is 222 g/mol. The Kier molecular flexibility index (Phi) is 5.41. The number of piperidine rings is 1. The van der Waals surface area contributed by atoms with Gasteiger partial charge in [-0.2, -0.15) is 0 Å². The number of amides is 1. The van der Waals surface area contributed by atoms with Gasteiger partial charge in [0.05, 0.1) is 25.0 Å². The van der Waals surface area contributed by atoms with Crippen molar-refractivity contribution in [3.05, 3.63) is 0 Å². The second-order valence-corrected chi connectivity index (χ2v) is 4.66. The highest BCUT2D eigenvalue weighted by Crippen LogP contribution is 2.17. The summed E-state index contributed by atoms with van der Waals surface area (Å²) in [5.41, 5.74) is 0. The molecule has 1 N–H and O–H groups in total. The van der Waals surface area contributed by atoms with E-state index in [-0.39, 0.29) is 17.9 Å². The Hall–Kier alpha value is -1.10. The SMILES string of the molecule is CC(C)OCCC(=O)N1CCC(C(=O)O)CC1. The highest BCUT2D eigenvalue weighted by molar-refractivity contribution is 5.77. The minimum absolute atomic E-state index is 0.0643. The second kappa shape index (κ2) is 6.59. The van der Waals surface area contributed by atoms with Crippen LogP contribution in [0.5, 0.6) is 0 Å². The lowest BCUT2D eigenvalue weighted by Crippen LogP contribution is -2.40. The monoisotopic (exact) mass is 243 g/mol. The average molecular weight is 243 g/mol. The average Bonchev–Trinajstić information content (AvgIpc) is 2.28. The number of rotatable bonds is 5. The van der Waals surface area contributed by atoms with Gasteiger partial charge in [0.1, 0.15) is 0 Å². The Bertz CT molecular complexity index is 270. The van der Waals surface area contributed by atoms with Crippen LogP contribution in [-0.2, 0) is 14.3 Å². The summed E-state index contributed by atoms with van der Waals surface area (Å²) in [5, 5.41) is 8.84. The molecule has 1 rings (SSSR count). The quantitative estimate of drug-likeness (QED) is 0.786. The molecule has 1 aliphatic rings. The largest absolute Gasteiger partial charge is 0.481 e. The van der Waals surface area contributed by atoms with E-state index in [1.165, 1.54) is 0 Å². The third-order valence-corrected chi connectivity index (χ3v) is 2.96. The molecule has 0 radical (unpaired) electrons. The van der Waals surface area contributed by atoms with Gasteiger partial charge in [-0.05, 0) is 26.7 Å². The molecule has 5 heteroatoms. The minimum Gasteiger partial charge on any atom is -0.481 e. The lowest BCUT2D eigenvalue weighted by molar-refractivity contribution is -0.146. The maximum Gasteiger partial charge on any atom is 0.306 e. The van der Waals surface area contributed by atoms with E-state index in [9.17, 15) is 9.59 Å². The molecule has 0 saturated carbocycles. The summed E-state index contributed by atoms with van der Waals surface area (Å²) in [7, 11) is 0. The van der Waals surface area contributed by atoms with Crippen LogP contribution in [0.1, 0.15) is 33.1 Å². The molecule has 1 heterocycles. The number of carbonyl (C=O) groups excluding carboxylic acids is 1. The third kappa shape index (κ3) is 4.73. The molecule has 5 nitrogen and oxygen atoms in total. The molecule has 0 aromatic heterocycles. The van der Waals surface area contributed by atoms with Crippen LogP contribution >= 0.6 is 0 Å². The van der Waals surface area contributed by atoms with Crippen LogP contribution in [0, 0.1) is 5.92 Å². The molecule has 1 fully saturated rings. The Labute approximate surface area is 102 Å². The highest BCUT2D eigenvalue weighted by Gasteiger charge is 2.26. The van der Waals surface area contributed by atoms with Crippen molar-refractivity contribution in [3.8, 4) is 0 Å². The van der Waals surface area contributed by atoms with Crippen LogP contribution in [0.4, 0.5) is 0 Å². The summed E-state index contributed by atoms with van der Waals surface area (Å²) in [5.74, 6) is -0.972. The number of aliphatic carboxylic acids is 1. The minimum atomic E-state index is -0.750. The van der Waals surface area contributed by atoms with E-state index in [2.05, 4.69) is 0 Å². The van der Waals surface area contributed by atoms with Crippen LogP contribution in [-0.4, -0.2) is 47.7 Å². The van der Waals surface area contributed by atoms with Crippen molar-refractivity contribution in [1.82, 2.24) is 4.90 Å². The molecule has 0 aliphatic carbocycles. The Morgan fingerprint density at radius 3 is 2.41 bits per heavy atom. The summed E-state index contributed by atoms with van der Waals surface area (Å²) in [4.78, 5) is 24.2. The molecule has 0 atom stereocenters. The fraction of sp³-hybridized carbons (Fsp3) is 0.833. The Balaban J connectivity index is 2.24. The first-order valence-corrected chi connectivity index (χ1v) is 6.13. The fourth-order valence-electron chi connectivity index (χ4n) is 1.92. The van der Waals surface area contributed by atoms with Crippen molar-refractivity contribution >= 4 is 11.9 Å². The molecule has 1 amide bonds. The van der Waals surface area contributed by atoms with Crippen molar-refractivity contribution < 1.29 is 19.4 Å². The number of carboxylic acid groups (broad SMARTS) is 1. The molecule has 0 aromatic rings. The van der Waals surface area contributed by atoms with Crippen LogP contribution in [0.25, 0.3) is 0 Å². The van der Waals surface area contributed by atoms with Crippen LogP contribution in [0.2, 0.25) is 0 Å². The van der Waals surface area contributed by atoms with Crippen molar-refractivity contribution in [2.45, 2.75) is 39.2 Å². The van der Waals surface area contributed by atoms with Gasteiger partial charge in [0.25, 0.3) is 0 Å². The summed E-state index contributed by atoms with van der Waals surface area (Å²) in [6.07, 6.45) is 1.65. The van der Waals surface area contributed by atoms with E-state index in [4.69, 9.17) is 9.84 Å². The summed E-state index contributed by atoms with van der Waals surface area (Å²) in [6, 6.07) is 0. The standard InChI is InChI=1S/C12H21NO4/c1-9(2)17-8-5-11(14)13-6-3-10(4-7-13)12(15)16/h9-10H,3-8H2,1-2H3,(H,15,16). The lowest BCUT2D eigenvalue weighted by Gasteiger charge is -2.30. The second-order valence-electron chi connectivity index (χ2n) is 4.66. The number of likely N-dealkylation sites (tertiary alicyclic amines) is 1. The summed E-state index contributed by atoms with van der Waals surface area (Å²) in [6.45, 7) is 5.41. The first-order chi connectivity index (χ1) is 8.00. The molecule has 0 aromatic carbocycles. The summed E-state index contributed by atoms with van der Waals surface area (Å²) >= 11 is 0. The maximum atomic E-state index is 11.8. The van der Waals surface area contributed by atoms with Crippen molar-refractivity contribution in [2.75, 3.05) is 19.7 Å². The number of hydrogen-bond donors (Lipinski definition) is 1. The highest BCUT2D eigenvalue weighted by atomic mass is 16.5. The predicted molar refractivity (Wildman–Crippen MR) is 62.6 cm³/mol. The smallest absolute Gasteiger partial charge is 0.306 e. The molecule has 0 spiro atoms. The lowest BCUT2D eigenvalue weighted by atomic mass is 9.97. The van der Waals surface area contributed by atoms with E-state index < -0.39 is 5.97 Å². The number of ether oxygens (including phenoxy) is 1. The van der Waals surface area contributed by atoms with Crippen molar-refractivity contribution in [1.29, 1.82) is 0 Å². The predicted octanol–water partition coefficient (Wildman–Crippen LogP) is 1.12. The van der Waals surface area contributed by atoms with E-state index in [1.54, 1.807) is 4.90 Å². The Morgan fingerprint density at radius 2 is 1.94 bits per heavy atom. The fourth-order valence-corrected chi connectivity index (χ4v) is 1.92. The molecule has 1 aliphatic heterocycles. The van der Waals surface area contributed by atoms with Gasteiger partial charge in [-0.25, -0.2) is 0 Å². The zero-order valence-corrected chi connectivity index (χ0v) is 10.5. The zero-order valence-electron chi connectivity index (χ0n) is 10.5. The first-order valence-electron chi connectivity index (χ1n) is 6.13. The van der Waals surface area contributed by atoms with Crippen LogP contribution < -0.4 is 0 Å². The number of nitrogens with zero attached hydrogens (tertiary/aromatic N) is 1. The molecule has 1 saturated heterocycles. The molecule has 0 bridgehead atoms. The maximum absolute atomic E-state index is 11.8. The van der Waals surface area contributed by atoms with Gasteiger partial charge in [0, 0.05) is 13.1 Å². The van der Waals surface area contributed by atoms with Gasteiger partial charge < -0.3 is 14.7 Å². The topological polar surface area (TPSA) is 66.8 Å². The Morgan fingerprint density at radius 1 is 1.35 bits per heavy atom. The van der Waals surface area contributed by atoms with Gasteiger partial charge in [-0.3, -0.25) is 9.59 Å². The van der Waals surface area contributed by atoms with Crippen molar-refractivity contribution in [3.63, 3.8) is 0 Å². The first kappa shape index (κ1) is 14.0. The van der Waals surface area contributed by atoms with Gasteiger partial charge in [0.2, 0.25) is 5.91 Å². The molecule has 98 valence electrons. The number of carboxylic acids is 1. The van der Waals surface area contributed by atoms with E-state index in [1.807, 2.05) is 13.8 Å². The van der Waals surface area contributed by atoms with Crippen molar-refractivity contribution in [2.24, 2.45) is 5.92 Å². The number of carbonyl (C=O) groups is 2. The normalized spacial score (nSPS) is 17.5. The van der Waals surface area contributed by atoms with Gasteiger partial charge in [-0.15, -0.1) is 0 Å². The third-order valence-electron chi connectivity index (χ3n) is 2.96. The van der Waals surface area contributed by atoms with E-state index in [0.29, 0.717) is 39.0 Å². The molecule has 0 unspecified atom stereocenters. The zero-order chi connectivity index (χ0) is 12.8. The van der Waals surface area contributed by atoms with Gasteiger partial charge in [0.15, 0.2) is 0 Å². The molecular formula is C12H21NO4. The van der Waals surface area contributed by atoms with Crippen LogP contribution in [0.3, 0.4) is 0 Å².